The van der Waals surface area contributed by atoms with E-state index in [9.17, 15) is 19.2 Å². The number of esters is 1. The molecule has 0 bridgehead atoms. The van der Waals surface area contributed by atoms with Crippen LogP contribution in [-0.2, 0) is 36.6 Å². The molecule has 5 rings (SSSR count). The topological polar surface area (TPSA) is 132 Å². The zero-order valence-corrected chi connectivity index (χ0v) is 35.5. The normalized spacial score (nSPS) is 15.9. The number of amides is 1. The van der Waals surface area contributed by atoms with Crippen molar-refractivity contribution in [2.45, 2.75) is 137 Å². The Morgan fingerprint density at radius 1 is 0.786 bits per heavy atom. The molecule has 0 spiro atoms. The molecule has 2 aromatic carbocycles. The number of nitrogens with zero attached hydrogens (tertiary/aromatic N) is 2. The predicted octanol–water partition coefficient (Wildman–Crippen LogP) is 10.5. The smallest absolute Gasteiger partial charge is 0.497 e. The Kier molecular flexibility index (Phi) is 14.2. The van der Waals surface area contributed by atoms with Gasteiger partial charge in [-0.25, -0.2) is 19.2 Å². The summed E-state index contributed by atoms with van der Waals surface area (Å²) in [6.45, 7) is 17.1. The van der Waals surface area contributed by atoms with Crippen molar-refractivity contribution in [2.24, 2.45) is 5.92 Å². The second-order valence-electron chi connectivity index (χ2n) is 17.7. The summed E-state index contributed by atoms with van der Waals surface area (Å²) in [5, 5.41) is 1.23. The largest absolute Gasteiger partial charge is 0.519 e. The first-order chi connectivity index (χ1) is 26.1. The molecular weight excluding hydrogens is 716 g/mol. The number of hydrogen-bond donors (Lipinski definition) is 0. The van der Waals surface area contributed by atoms with Crippen LogP contribution in [0.1, 0.15) is 128 Å². The lowest BCUT2D eigenvalue weighted by atomic mass is 9.81. The van der Waals surface area contributed by atoms with Crippen LogP contribution in [0.4, 0.5) is 14.4 Å². The number of carbonyl (C=O) groups is 4. The maximum Gasteiger partial charge on any atom is 0.519 e. The fourth-order valence-corrected chi connectivity index (χ4v) is 7.25. The molecule has 1 unspecified atom stereocenters. The highest BCUT2D eigenvalue weighted by Gasteiger charge is 2.32. The molecule has 0 saturated heterocycles. The van der Waals surface area contributed by atoms with E-state index in [-0.39, 0.29) is 18.0 Å². The second-order valence-corrected chi connectivity index (χ2v) is 17.7. The van der Waals surface area contributed by atoms with E-state index in [1.807, 2.05) is 40.0 Å². The number of rotatable bonds is 6. The number of hydrogen-bond acceptors (Lipinski definition) is 10. The first kappa shape index (κ1) is 44.0. The van der Waals surface area contributed by atoms with Crippen molar-refractivity contribution >= 4 is 35.3 Å². The van der Waals surface area contributed by atoms with Gasteiger partial charge in [-0.1, -0.05) is 25.3 Å². The summed E-state index contributed by atoms with van der Waals surface area (Å²) >= 11 is 0. The Bertz CT molecular complexity index is 1840. The second kappa shape index (κ2) is 18.0. The van der Waals surface area contributed by atoms with Crippen molar-refractivity contribution in [3.8, 4) is 17.0 Å². The molecule has 0 radical (unpaired) electrons. The van der Waals surface area contributed by atoms with E-state index in [4.69, 9.17) is 23.7 Å². The number of ether oxygens (including phenoxy) is 6. The average Bonchev–Trinajstić information content (AvgIpc) is 3.31. The molecule has 2 heterocycles. The third kappa shape index (κ3) is 12.1. The minimum Gasteiger partial charge on any atom is -0.497 e. The summed E-state index contributed by atoms with van der Waals surface area (Å²) < 4.78 is 32.6. The zero-order valence-electron chi connectivity index (χ0n) is 35.5. The van der Waals surface area contributed by atoms with E-state index in [0.717, 1.165) is 30.7 Å². The first-order valence-electron chi connectivity index (χ1n) is 19.6. The van der Waals surface area contributed by atoms with Gasteiger partial charge >= 0.3 is 24.4 Å². The first-order valence-corrected chi connectivity index (χ1v) is 19.6. The van der Waals surface area contributed by atoms with Gasteiger partial charge in [-0.3, -0.25) is 0 Å². The van der Waals surface area contributed by atoms with Crippen molar-refractivity contribution in [1.82, 2.24) is 9.47 Å². The van der Waals surface area contributed by atoms with Crippen LogP contribution in [0.25, 0.3) is 22.2 Å². The maximum absolute atomic E-state index is 12.7. The van der Waals surface area contributed by atoms with E-state index in [0.29, 0.717) is 18.0 Å². The molecule has 1 saturated carbocycles. The molecule has 0 N–H and O–H groups in total. The molecule has 56 heavy (non-hydrogen) atoms. The lowest BCUT2D eigenvalue weighted by molar-refractivity contribution is -0.0294. The van der Waals surface area contributed by atoms with E-state index in [1.54, 1.807) is 53.6 Å². The Morgan fingerprint density at radius 2 is 1.39 bits per heavy atom. The number of benzene rings is 2. The summed E-state index contributed by atoms with van der Waals surface area (Å²) in [5.74, 6) is 1.28. The van der Waals surface area contributed by atoms with Gasteiger partial charge in [0, 0.05) is 36.6 Å². The molecule has 1 fully saturated rings. The minimum absolute atomic E-state index is 0.267. The Morgan fingerprint density at radius 3 is 1.95 bits per heavy atom. The Labute approximate surface area is 332 Å². The van der Waals surface area contributed by atoms with Crippen LogP contribution in [0.2, 0.25) is 0 Å². The SMILES string of the molecule is CC(C)(C)OC(=O)OC(=O)OC(C)(C)C.COC(=O)c1ccc2c(C3CCCCC3)c3n(c2c1)CC(CCN(C)C(=O)OC(C)(C)C)Cc1cc(OC)ccc1-3. The van der Waals surface area contributed by atoms with Crippen LogP contribution in [-0.4, -0.2) is 78.5 Å². The van der Waals surface area contributed by atoms with Crippen LogP contribution >= 0.6 is 0 Å². The van der Waals surface area contributed by atoms with Crippen molar-refractivity contribution in [1.29, 1.82) is 0 Å². The number of methoxy groups -OCH3 is 2. The van der Waals surface area contributed by atoms with Gasteiger partial charge in [-0.2, -0.15) is 0 Å². The van der Waals surface area contributed by atoms with Crippen LogP contribution in [0, 0.1) is 5.92 Å². The van der Waals surface area contributed by atoms with Crippen molar-refractivity contribution < 1.29 is 47.6 Å². The van der Waals surface area contributed by atoms with Gasteiger partial charge in [0.1, 0.15) is 22.6 Å². The number of carbonyl (C=O) groups excluding carboxylic acids is 4. The minimum atomic E-state index is -1.06. The molecule has 1 amide bonds. The summed E-state index contributed by atoms with van der Waals surface area (Å²) in [6.07, 6.45) is 5.41. The third-order valence-corrected chi connectivity index (χ3v) is 9.58. The summed E-state index contributed by atoms with van der Waals surface area (Å²) in [6, 6.07) is 12.5. The highest BCUT2D eigenvalue weighted by molar-refractivity contribution is 5.99. The van der Waals surface area contributed by atoms with Gasteiger partial charge < -0.3 is 37.9 Å². The molecule has 1 aromatic heterocycles. The van der Waals surface area contributed by atoms with E-state index >= 15 is 0 Å². The Balaban J connectivity index is 0.000000394. The molecule has 1 atom stereocenters. The van der Waals surface area contributed by atoms with E-state index in [2.05, 4.69) is 33.6 Å². The molecule has 12 heteroatoms. The molecule has 308 valence electrons. The third-order valence-electron chi connectivity index (χ3n) is 9.58. The maximum atomic E-state index is 12.7. The molecule has 2 aliphatic rings. The van der Waals surface area contributed by atoms with Gasteiger partial charge in [0.05, 0.1) is 25.5 Å². The van der Waals surface area contributed by atoms with Gasteiger partial charge in [0.25, 0.3) is 0 Å². The average molecular weight is 779 g/mol. The van der Waals surface area contributed by atoms with Crippen LogP contribution in [0.3, 0.4) is 0 Å². The highest BCUT2D eigenvalue weighted by atomic mass is 16.8. The van der Waals surface area contributed by atoms with Gasteiger partial charge in [0.2, 0.25) is 0 Å². The monoisotopic (exact) mass is 778 g/mol. The molecular formula is C44H62N2O10. The van der Waals surface area contributed by atoms with E-state index in [1.165, 1.54) is 67.0 Å². The molecule has 1 aliphatic carbocycles. The van der Waals surface area contributed by atoms with Crippen molar-refractivity contribution in [3.63, 3.8) is 0 Å². The van der Waals surface area contributed by atoms with E-state index < -0.39 is 29.1 Å². The fraction of sp³-hybridized carbons (Fsp3) is 0.591. The molecule has 1 aliphatic heterocycles. The number of aromatic nitrogens is 1. The Hall–Kier alpha value is -4.74. The van der Waals surface area contributed by atoms with Crippen LogP contribution in [0.15, 0.2) is 36.4 Å². The molecule has 12 nitrogen and oxygen atoms in total. The standard InChI is InChI=1S/C34H44N2O5.C10H18O5/c1-34(2,3)41-33(38)35(4)17-16-22-18-25-19-26(39-5)13-15-27(25)31-30(23-10-8-7-9-11-23)28-14-12-24(32(37)40-6)20-29(28)36(31)21-22;1-9(2,3)14-7(11)13-8(12)15-10(4,5)6/h12-15,19-20,22-23H,7-11,16-18,21H2,1-6H3;1-6H3. The predicted molar refractivity (Wildman–Crippen MR) is 215 cm³/mol. The molecule has 3 aromatic rings. The fourth-order valence-electron chi connectivity index (χ4n) is 7.25. The quantitative estimate of drug-likeness (QED) is 0.135. The van der Waals surface area contributed by atoms with Gasteiger partial charge in [-0.05, 0) is 141 Å². The highest BCUT2D eigenvalue weighted by Crippen LogP contribution is 2.47. The zero-order chi connectivity index (χ0) is 41.6. The lowest BCUT2D eigenvalue weighted by Gasteiger charge is -2.26. The summed E-state index contributed by atoms with van der Waals surface area (Å²) in [7, 11) is 4.95. The number of fused-ring (bicyclic) bond motifs is 5. The van der Waals surface area contributed by atoms with Gasteiger partial charge in [-0.15, -0.1) is 0 Å². The summed E-state index contributed by atoms with van der Waals surface area (Å²) in [5.41, 5.74) is 4.91. The summed E-state index contributed by atoms with van der Waals surface area (Å²) in [4.78, 5) is 49.0. The van der Waals surface area contributed by atoms with Gasteiger partial charge in [0.15, 0.2) is 0 Å². The van der Waals surface area contributed by atoms with Crippen LogP contribution in [0.5, 0.6) is 5.75 Å². The van der Waals surface area contributed by atoms with Crippen molar-refractivity contribution in [3.05, 3.63) is 53.1 Å². The van der Waals surface area contributed by atoms with Crippen LogP contribution < -0.4 is 4.74 Å². The van der Waals surface area contributed by atoms with Crippen molar-refractivity contribution in [2.75, 3.05) is 27.8 Å². The lowest BCUT2D eigenvalue weighted by Crippen LogP contribution is -2.35.